The van der Waals surface area contributed by atoms with E-state index < -0.39 is 5.83 Å². The number of aryl methyl sites for hydroxylation is 1. The summed E-state index contributed by atoms with van der Waals surface area (Å²) in [6.07, 6.45) is 6.39. The molecular weight excluding hydrogens is 269 g/mol. The summed E-state index contributed by atoms with van der Waals surface area (Å²) in [6.45, 7) is 5.94. The minimum absolute atomic E-state index is 0.175. The van der Waals surface area contributed by atoms with E-state index in [1.807, 2.05) is 6.92 Å². The molecule has 0 radical (unpaired) electrons. The van der Waals surface area contributed by atoms with Crippen molar-refractivity contribution < 1.29 is 4.39 Å². The predicted octanol–water partition coefficient (Wildman–Crippen LogP) is 1.83. The molecule has 2 N–H and O–H groups in total. The summed E-state index contributed by atoms with van der Waals surface area (Å²) in [5.41, 5.74) is 1.96. The third kappa shape index (κ3) is 3.57. The van der Waals surface area contributed by atoms with Crippen LogP contribution in [0.4, 0.5) is 4.39 Å². The van der Waals surface area contributed by atoms with Gasteiger partial charge in [-0.15, -0.1) is 0 Å². The smallest absolute Gasteiger partial charge is 0.181 e. The van der Waals surface area contributed by atoms with Gasteiger partial charge < -0.3 is 5.32 Å². The first-order valence-corrected chi connectivity index (χ1v) is 7.59. The molecule has 1 unspecified atom stereocenters. The molecule has 0 amide bonds. The lowest BCUT2D eigenvalue weighted by Gasteiger charge is -2.13. The molecule has 114 valence electrons. The lowest BCUT2D eigenvalue weighted by atomic mass is 10.2. The van der Waals surface area contributed by atoms with Crippen LogP contribution in [-0.2, 0) is 6.54 Å². The van der Waals surface area contributed by atoms with Gasteiger partial charge in [0.1, 0.15) is 0 Å². The molecule has 6 heteroatoms. The van der Waals surface area contributed by atoms with E-state index in [-0.39, 0.29) is 5.84 Å². The first-order valence-electron chi connectivity index (χ1n) is 7.59. The Bertz CT molecular complexity index is 552. The Morgan fingerprint density at radius 1 is 1.52 bits per heavy atom. The van der Waals surface area contributed by atoms with Gasteiger partial charge >= 0.3 is 0 Å². The van der Waals surface area contributed by atoms with Crippen molar-refractivity contribution in [2.45, 2.75) is 38.8 Å². The van der Waals surface area contributed by atoms with Crippen molar-refractivity contribution in [1.29, 1.82) is 5.41 Å². The zero-order valence-electron chi connectivity index (χ0n) is 12.4. The van der Waals surface area contributed by atoms with E-state index in [1.165, 1.54) is 23.6 Å². The Labute approximate surface area is 124 Å². The Balaban J connectivity index is 1.66. The van der Waals surface area contributed by atoms with Crippen LogP contribution in [0.25, 0.3) is 0 Å². The molecular formula is C15H22FN5. The first kappa shape index (κ1) is 14.4. The largest absolute Gasteiger partial charge is 0.311 e. The highest BCUT2D eigenvalue weighted by molar-refractivity contribution is 5.94. The number of hydrogen-bond acceptors (Lipinski definition) is 4. The molecule has 2 fully saturated rings. The highest BCUT2D eigenvalue weighted by atomic mass is 19.1. The molecule has 5 nitrogen and oxygen atoms in total. The van der Waals surface area contributed by atoms with Gasteiger partial charge in [-0.2, -0.15) is 5.10 Å². The summed E-state index contributed by atoms with van der Waals surface area (Å²) in [4.78, 5) is 2.38. The summed E-state index contributed by atoms with van der Waals surface area (Å²) in [6, 6.07) is 0.383. The molecule has 1 atom stereocenters. The van der Waals surface area contributed by atoms with Gasteiger partial charge in [0.15, 0.2) is 11.7 Å². The lowest BCUT2D eigenvalue weighted by molar-refractivity contribution is 0.331. The quantitative estimate of drug-likeness (QED) is 0.494. The Hall–Kier alpha value is -1.53. The minimum atomic E-state index is -0.501. The molecule has 3 heterocycles. The van der Waals surface area contributed by atoms with Crippen molar-refractivity contribution in [1.82, 2.24) is 20.0 Å². The summed E-state index contributed by atoms with van der Waals surface area (Å²) in [5, 5.41) is 15.3. The number of nitrogens with zero attached hydrogens (tertiary/aromatic N) is 3. The van der Waals surface area contributed by atoms with Crippen molar-refractivity contribution >= 4 is 5.84 Å². The van der Waals surface area contributed by atoms with E-state index in [0.717, 1.165) is 37.4 Å². The monoisotopic (exact) mass is 291 g/mol. The molecule has 2 aliphatic rings. The standard InChI is InChI=1S/C15H22FN5/c1-11-12(9-20-6-2-3-7-20)10-21(19-11)15(17)14(16)5-4-13-8-18-13/h5,10,13,17-18H,2-4,6-9H2,1H3. The molecule has 3 rings (SSSR count). The van der Waals surface area contributed by atoms with Crippen LogP contribution in [0.2, 0.25) is 0 Å². The van der Waals surface area contributed by atoms with E-state index in [0.29, 0.717) is 12.5 Å². The van der Waals surface area contributed by atoms with Crippen LogP contribution in [0, 0.1) is 12.3 Å². The summed E-state index contributed by atoms with van der Waals surface area (Å²) in [7, 11) is 0. The van der Waals surface area contributed by atoms with Crippen LogP contribution >= 0.6 is 0 Å². The van der Waals surface area contributed by atoms with Gasteiger partial charge in [0, 0.05) is 30.9 Å². The number of likely N-dealkylation sites (tertiary alicyclic amines) is 1. The second-order valence-electron chi connectivity index (χ2n) is 5.91. The van der Waals surface area contributed by atoms with Gasteiger partial charge in [0.2, 0.25) is 0 Å². The second kappa shape index (κ2) is 6.07. The second-order valence-corrected chi connectivity index (χ2v) is 5.91. The Kier molecular flexibility index (Phi) is 4.17. The highest BCUT2D eigenvalue weighted by Gasteiger charge is 2.20. The topological polar surface area (TPSA) is 66.8 Å². The third-order valence-electron chi connectivity index (χ3n) is 4.12. The maximum atomic E-state index is 14.0. The summed E-state index contributed by atoms with van der Waals surface area (Å²) in [5.74, 6) is -0.676. The van der Waals surface area contributed by atoms with Crippen LogP contribution in [0.15, 0.2) is 18.1 Å². The highest BCUT2D eigenvalue weighted by Crippen LogP contribution is 2.16. The number of hydrogen-bond donors (Lipinski definition) is 2. The summed E-state index contributed by atoms with van der Waals surface area (Å²) >= 11 is 0. The van der Waals surface area contributed by atoms with Crippen LogP contribution in [0.1, 0.15) is 30.5 Å². The maximum Gasteiger partial charge on any atom is 0.181 e. The van der Waals surface area contributed by atoms with Gasteiger partial charge in [-0.1, -0.05) is 0 Å². The van der Waals surface area contributed by atoms with Crippen LogP contribution < -0.4 is 5.32 Å². The minimum Gasteiger partial charge on any atom is -0.311 e. The van der Waals surface area contributed by atoms with Gasteiger partial charge in [-0.05, 0) is 45.4 Å². The number of halogens is 1. The van der Waals surface area contributed by atoms with E-state index in [4.69, 9.17) is 5.41 Å². The summed E-state index contributed by atoms with van der Waals surface area (Å²) < 4.78 is 15.3. The zero-order valence-corrected chi connectivity index (χ0v) is 12.4. The van der Waals surface area contributed by atoms with Crippen LogP contribution in [0.3, 0.4) is 0 Å². The van der Waals surface area contributed by atoms with Crippen molar-refractivity contribution in [2.75, 3.05) is 19.6 Å². The van der Waals surface area contributed by atoms with Crippen LogP contribution in [-0.4, -0.2) is 46.2 Å². The van der Waals surface area contributed by atoms with Gasteiger partial charge in [-0.25, -0.2) is 9.07 Å². The van der Waals surface area contributed by atoms with Gasteiger partial charge in [0.05, 0.1) is 5.69 Å². The van der Waals surface area contributed by atoms with E-state index >= 15 is 0 Å². The Morgan fingerprint density at radius 3 is 2.90 bits per heavy atom. The molecule has 0 bridgehead atoms. The van der Waals surface area contributed by atoms with E-state index in [9.17, 15) is 4.39 Å². The van der Waals surface area contributed by atoms with Crippen molar-refractivity contribution in [3.8, 4) is 0 Å². The van der Waals surface area contributed by atoms with Crippen LogP contribution in [0.5, 0.6) is 0 Å². The molecule has 0 aliphatic carbocycles. The SMILES string of the molecule is Cc1nn(C(=N)C(F)=CCC2CN2)cc1CN1CCCC1. The average Bonchev–Trinajstić information content (AvgIpc) is 3.03. The molecule has 1 aromatic rings. The number of nitrogens with one attached hydrogen (secondary N) is 2. The van der Waals surface area contributed by atoms with Crippen molar-refractivity contribution in [3.63, 3.8) is 0 Å². The molecule has 0 spiro atoms. The molecule has 2 saturated heterocycles. The van der Waals surface area contributed by atoms with Crippen molar-refractivity contribution in [3.05, 3.63) is 29.4 Å². The average molecular weight is 291 g/mol. The Morgan fingerprint density at radius 2 is 2.24 bits per heavy atom. The number of rotatable bonds is 5. The molecule has 1 aromatic heterocycles. The fourth-order valence-corrected chi connectivity index (χ4v) is 2.65. The number of aromatic nitrogens is 2. The third-order valence-corrected chi connectivity index (χ3v) is 4.12. The number of allylic oxidation sites excluding steroid dienone is 1. The fourth-order valence-electron chi connectivity index (χ4n) is 2.65. The first-order chi connectivity index (χ1) is 10.1. The molecule has 2 aliphatic heterocycles. The zero-order chi connectivity index (χ0) is 14.8. The van der Waals surface area contributed by atoms with Gasteiger partial charge in [-0.3, -0.25) is 10.3 Å². The lowest BCUT2D eigenvalue weighted by Crippen LogP contribution is -2.18. The van der Waals surface area contributed by atoms with Crippen molar-refractivity contribution in [2.24, 2.45) is 0 Å². The molecule has 0 saturated carbocycles. The maximum absolute atomic E-state index is 14.0. The molecule has 21 heavy (non-hydrogen) atoms. The normalized spacial score (nSPS) is 22.8. The molecule has 0 aromatic carbocycles. The van der Waals surface area contributed by atoms with Gasteiger partial charge in [0.25, 0.3) is 0 Å². The predicted molar refractivity (Wildman–Crippen MR) is 80.2 cm³/mol. The van der Waals surface area contributed by atoms with E-state index in [1.54, 1.807) is 6.20 Å². The van der Waals surface area contributed by atoms with E-state index in [2.05, 4.69) is 15.3 Å². The fraction of sp³-hybridized carbons (Fsp3) is 0.600.